The van der Waals surface area contributed by atoms with Crippen molar-refractivity contribution in [3.8, 4) is 6.07 Å². The zero-order chi connectivity index (χ0) is 16.9. The van der Waals surface area contributed by atoms with Crippen LogP contribution < -0.4 is 0 Å². The molecule has 0 aromatic heterocycles. The van der Waals surface area contributed by atoms with Crippen molar-refractivity contribution in [3.63, 3.8) is 0 Å². The molecule has 2 rings (SSSR count). The normalized spacial score (nSPS) is 20.9. The quantitative estimate of drug-likeness (QED) is 0.803. The summed E-state index contributed by atoms with van der Waals surface area (Å²) >= 11 is 0. The van der Waals surface area contributed by atoms with Gasteiger partial charge in [0.15, 0.2) is 0 Å². The third-order valence-corrected chi connectivity index (χ3v) is 5.98. The minimum atomic E-state index is -3.53. The van der Waals surface area contributed by atoms with Crippen molar-refractivity contribution < 1.29 is 8.42 Å². The maximum absolute atomic E-state index is 12.7. The fraction of sp³-hybridized carbons (Fsp3) is 0.471. The lowest BCUT2D eigenvalue weighted by Gasteiger charge is -2.28. The van der Waals surface area contributed by atoms with Gasteiger partial charge in [-0.05, 0) is 25.3 Å². The van der Waals surface area contributed by atoms with Gasteiger partial charge in [0.25, 0.3) is 10.2 Å². The van der Waals surface area contributed by atoms with Crippen LogP contribution in [-0.2, 0) is 10.2 Å². The van der Waals surface area contributed by atoms with Crippen LogP contribution in [0.4, 0.5) is 0 Å². The number of nitrogens with zero attached hydrogens (tertiary/aromatic N) is 3. The summed E-state index contributed by atoms with van der Waals surface area (Å²) in [5, 5.41) is 8.88. The summed E-state index contributed by atoms with van der Waals surface area (Å²) in [4.78, 5) is 0. The van der Waals surface area contributed by atoms with Gasteiger partial charge in [-0.25, -0.2) is 0 Å². The van der Waals surface area contributed by atoms with Crippen LogP contribution in [0, 0.1) is 17.2 Å². The minimum Gasteiger partial charge on any atom is -0.198 e. The van der Waals surface area contributed by atoms with Gasteiger partial charge in [0, 0.05) is 26.2 Å². The topological polar surface area (TPSA) is 64.4 Å². The van der Waals surface area contributed by atoms with Gasteiger partial charge in [-0.3, -0.25) is 0 Å². The van der Waals surface area contributed by atoms with Crippen LogP contribution in [-0.4, -0.2) is 43.2 Å². The molecule has 0 bridgehead atoms. The SMILES string of the molecule is C[C@@H](C#N)CN(C)S(=O)(=O)N1CCC[C@H]1/C=C/c1ccccc1. The number of hydrogen-bond donors (Lipinski definition) is 0. The summed E-state index contributed by atoms with van der Waals surface area (Å²) in [7, 11) is -1.99. The first-order chi connectivity index (χ1) is 10.9. The van der Waals surface area contributed by atoms with Gasteiger partial charge < -0.3 is 0 Å². The predicted octanol–water partition coefficient (Wildman–Crippen LogP) is 2.50. The second-order valence-corrected chi connectivity index (χ2v) is 7.90. The van der Waals surface area contributed by atoms with Gasteiger partial charge >= 0.3 is 0 Å². The van der Waals surface area contributed by atoms with E-state index in [4.69, 9.17) is 5.26 Å². The molecule has 1 aromatic rings. The van der Waals surface area contributed by atoms with E-state index in [1.54, 1.807) is 14.0 Å². The summed E-state index contributed by atoms with van der Waals surface area (Å²) in [5.41, 5.74) is 1.06. The van der Waals surface area contributed by atoms with E-state index in [-0.39, 0.29) is 18.5 Å². The summed E-state index contributed by atoms with van der Waals surface area (Å²) in [6, 6.07) is 11.8. The second kappa shape index (κ2) is 7.73. The molecule has 1 fully saturated rings. The van der Waals surface area contributed by atoms with Crippen molar-refractivity contribution in [1.82, 2.24) is 8.61 Å². The maximum atomic E-state index is 12.7. The summed E-state index contributed by atoms with van der Waals surface area (Å²) in [6.07, 6.45) is 5.60. The standard InChI is InChI=1S/C17H23N3O2S/c1-15(13-18)14-19(2)23(21,22)20-12-6-9-17(20)11-10-16-7-4-3-5-8-16/h3-5,7-8,10-11,15,17H,6,9,12,14H2,1-2H3/b11-10+/t15-,17-/m0/s1. The number of hydrogen-bond acceptors (Lipinski definition) is 3. The van der Waals surface area contributed by atoms with Crippen LogP contribution >= 0.6 is 0 Å². The molecule has 0 radical (unpaired) electrons. The Bertz CT molecular complexity index is 680. The van der Waals surface area contributed by atoms with Crippen LogP contribution in [0.1, 0.15) is 25.3 Å². The van der Waals surface area contributed by atoms with Crippen molar-refractivity contribution >= 4 is 16.3 Å². The molecule has 0 saturated carbocycles. The molecule has 0 aliphatic carbocycles. The van der Waals surface area contributed by atoms with E-state index in [2.05, 4.69) is 6.07 Å². The minimum absolute atomic E-state index is 0.125. The highest BCUT2D eigenvalue weighted by atomic mass is 32.2. The Labute approximate surface area is 139 Å². The molecule has 2 atom stereocenters. The number of benzene rings is 1. The third kappa shape index (κ3) is 4.41. The van der Waals surface area contributed by atoms with Gasteiger partial charge in [-0.1, -0.05) is 42.5 Å². The fourth-order valence-electron chi connectivity index (χ4n) is 2.73. The first-order valence-corrected chi connectivity index (χ1v) is 9.21. The fourth-order valence-corrected chi connectivity index (χ4v) is 4.38. The van der Waals surface area contributed by atoms with E-state index >= 15 is 0 Å². The molecule has 23 heavy (non-hydrogen) atoms. The van der Waals surface area contributed by atoms with E-state index in [9.17, 15) is 8.42 Å². The van der Waals surface area contributed by atoms with E-state index in [1.807, 2.05) is 42.5 Å². The molecule has 5 nitrogen and oxygen atoms in total. The van der Waals surface area contributed by atoms with Crippen LogP contribution in [0.15, 0.2) is 36.4 Å². The van der Waals surface area contributed by atoms with Crippen molar-refractivity contribution in [2.45, 2.75) is 25.8 Å². The Kier molecular flexibility index (Phi) is 5.94. The average molecular weight is 333 g/mol. The van der Waals surface area contributed by atoms with Crippen molar-refractivity contribution in [1.29, 1.82) is 5.26 Å². The second-order valence-electron chi connectivity index (χ2n) is 5.91. The van der Waals surface area contributed by atoms with Crippen LogP contribution in [0.3, 0.4) is 0 Å². The molecule has 1 aromatic carbocycles. The number of nitriles is 1. The lowest BCUT2D eigenvalue weighted by atomic mass is 10.1. The molecule has 6 heteroatoms. The molecule has 0 N–H and O–H groups in total. The highest BCUT2D eigenvalue weighted by Crippen LogP contribution is 2.24. The molecular weight excluding hydrogens is 310 g/mol. The van der Waals surface area contributed by atoms with Crippen molar-refractivity contribution in [2.24, 2.45) is 5.92 Å². The first kappa shape index (κ1) is 17.7. The monoisotopic (exact) mass is 333 g/mol. The summed E-state index contributed by atoms with van der Waals surface area (Å²) < 4.78 is 28.3. The van der Waals surface area contributed by atoms with Crippen LogP contribution in [0.25, 0.3) is 6.08 Å². The molecule has 0 unspecified atom stereocenters. The Morgan fingerprint density at radius 3 is 2.78 bits per heavy atom. The molecule has 1 saturated heterocycles. The molecule has 0 amide bonds. The average Bonchev–Trinajstić information content (AvgIpc) is 3.03. The van der Waals surface area contributed by atoms with E-state index in [0.29, 0.717) is 6.54 Å². The predicted molar refractivity (Wildman–Crippen MR) is 91.5 cm³/mol. The lowest BCUT2D eigenvalue weighted by molar-refractivity contribution is 0.359. The van der Waals surface area contributed by atoms with Crippen molar-refractivity contribution in [2.75, 3.05) is 20.1 Å². The molecule has 1 aliphatic rings. The Hall–Kier alpha value is -1.68. The smallest absolute Gasteiger partial charge is 0.198 e. The van der Waals surface area contributed by atoms with E-state index < -0.39 is 10.2 Å². The Balaban J connectivity index is 2.11. The van der Waals surface area contributed by atoms with Gasteiger partial charge in [-0.15, -0.1) is 0 Å². The molecule has 0 spiro atoms. The lowest BCUT2D eigenvalue weighted by Crippen LogP contribution is -2.45. The third-order valence-electron chi connectivity index (χ3n) is 4.00. The summed E-state index contributed by atoms with van der Waals surface area (Å²) in [6.45, 7) is 2.46. The first-order valence-electron chi connectivity index (χ1n) is 7.81. The van der Waals surface area contributed by atoms with E-state index in [1.165, 1.54) is 8.61 Å². The highest BCUT2D eigenvalue weighted by Gasteiger charge is 2.35. The Morgan fingerprint density at radius 2 is 2.13 bits per heavy atom. The molecule has 1 aliphatic heterocycles. The van der Waals surface area contributed by atoms with Gasteiger partial charge in [0.1, 0.15) is 0 Å². The van der Waals surface area contributed by atoms with Crippen LogP contribution in [0.5, 0.6) is 0 Å². The zero-order valence-corrected chi connectivity index (χ0v) is 14.4. The molecule has 1 heterocycles. The number of rotatable bonds is 6. The van der Waals surface area contributed by atoms with Gasteiger partial charge in [-0.2, -0.15) is 22.3 Å². The van der Waals surface area contributed by atoms with Crippen LogP contribution in [0.2, 0.25) is 0 Å². The van der Waals surface area contributed by atoms with Crippen molar-refractivity contribution in [3.05, 3.63) is 42.0 Å². The van der Waals surface area contributed by atoms with Gasteiger partial charge in [0.05, 0.1) is 12.0 Å². The molecular formula is C17H23N3O2S. The summed E-state index contributed by atoms with van der Waals surface area (Å²) in [5.74, 6) is -0.323. The maximum Gasteiger partial charge on any atom is 0.282 e. The zero-order valence-electron chi connectivity index (χ0n) is 13.6. The largest absolute Gasteiger partial charge is 0.282 e. The molecule has 124 valence electrons. The highest BCUT2D eigenvalue weighted by molar-refractivity contribution is 7.86. The van der Waals surface area contributed by atoms with E-state index in [0.717, 1.165) is 18.4 Å². The Morgan fingerprint density at radius 1 is 1.43 bits per heavy atom. The van der Waals surface area contributed by atoms with Gasteiger partial charge in [0.2, 0.25) is 0 Å².